The lowest BCUT2D eigenvalue weighted by Gasteiger charge is -2.25. The van der Waals surface area contributed by atoms with Crippen LogP contribution in [-0.4, -0.2) is 16.0 Å². The minimum Gasteiger partial charge on any atom is -0.294 e. The molecule has 0 aromatic carbocycles. The largest absolute Gasteiger partial charge is 0.294 e. The Bertz CT molecular complexity index is 498. The lowest BCUT2D eigenvalue weighted by Crippen LogP contribution is -2.14. The van der Waals surface area contributed by atoms with Crippen LogP contribution in [0.25, 0.3) is 0 Å². The number of nitro groups is 1. The van der Waals surface area contributed by atoms with Crippen LogP contribution >= 0.6 is 23.1 Å². The maximum atomic E-state index is 11.4. The number of hydrogen-bond donors (Lipinski definition) is 0. The summed E-state index contributed by atoms with van der Waals surface area (Å²) < 4.78 is 0.689. The molecule has 104 valence electrons. The molecule has 1 aliphatic rings. The highest BCUT2D eigenvalue weighted by molar-refractivity contribution is 8.01. The topological polar surface area (TPSA) is 60.2 Å². The predicted octanol–water partition coefficient (Wildman–Crippen LogP) is 4.53. The Morgan fingerprint density at radius 1 is 1.53 bits per heavy atom. The summed E-state index contributed by atoms with van der Waals surface area (Å²) in [5.41, 5.74) is 0.0958. The highest BCUT2D eigenvalue weighted by Crippen LogP contribution is 2.44. The van der Waals surface area contributed by atoms with E-state index in [9.17, 15) is 14.9 Å². The Morgan fingerprint density at radius 2 is 2.26 bits per heavy atom. The normalized spacial score (nSPS) is 23.3. The number of carbonyl (C=O) groups is 1. The molecule has 1 aliphatic carbocycles. The molecule has 1 aromatic heterocycles. The summed E-state index contributed by atoms with van der Waals surface area (Å²) in [5, 5.41) is 11.5. The number of carbonyl (C=O) groups excluding carboxylic acids is 1. The Hall–Kier alpha value is -0.880. The number of thiophene rings is 1. The molecule has 1 fully saturated rings. The van der Waals surface area contributed by atoms with E-state index in [0.29, 0.717) is 20.3 Å². The van der Waals surface area contributed by atoms with Gasteiger partial charge in [0.15, 0.2) is 5.78 Å². The molecule has 4 nitrogen and oxygen atoms in total. The fraction of sp³-hybridized carbons (Fsp3) is 0.615. The van der Waals surface area contributed by atoms with Crippen molar-refractivity contribution in [2.75, 3.05) is 0 Å². The van der Waals surface area contributed by atoms with E-state index in [4.69, 9.17) is 0 Å². The first-order valence-electron chi connectivity index (χ1n) is 6.43. The van der Waals surface area contributed by atoms with Crippen molar-refractivity contribution in [1.29, 1.82) is 0 Å². The highest BCUT2D eigenvalue weighted by Gasteiger charge is 2.26. The molecule has 1 aromatic rings. The van der Waals surface area contributed by atoms with Gasteiger partial charge in [0.2, 0.25) is 0 Å². The molecule has 0 spiro atoms. The summed E-state index contributed by atoms with van der Waals surface area (Å²) in [4.78, 5) is 22.5. The molecule has 0 radical (unpaired) electrons. The summed E-state index contributed by atoms with van der Waals surface area (Å²) in [6, 6.07) is 1.42. The van der Waals surface area contributed by atoms with Gasteiger partial charge < -0.3 is 0 Å². The molecule has 0 saturated heterocycles. The van der Waals surface area contributed by atoms with Crippen molar-refractivity contribution in [3.05, 3.63) is 21.1 Å². The van der Waals surface area contributed by atoms with Crippen molar-refractivity contribution in [3.63, 3.8) is 0 Å². The Labute approximate surface area is 120 Å². The molecule has 0 aliphatic heterocycles. The van der Waals surface area contributed by atoms with E-state index in [2.05, 4.69) is 6.92 Å². The van der Waals surface area contributed by atoms with E-state index in [1.165, 1.54) is 37.2 Å². The highest BCUT2D eigenvalue weighted by atomic mass is 32.2. The number of hydrogen-bond acceptors (Lipinski definition) is 5. The maximum absolute atomic E-state index is 11.4. The zero-order valence-corrected chi connectivity index (χ0v) is 12.7. The molecular formula is C13H17NO3S2. The monoisotopic (exact) mass is 299 g/mol. The van der Waals surface area contributed by atoms with E-state index < -0.39 is 0 Å². The third kappa shape index (κ3) is 3.57. The lowest BCUT2D eigenvalue weighted by molar-refractivity contribution is -0.387. The first-order valence-corrected chi connectivity index (χ1v) is 8.12. The molecule has 1 saturated carbocycles. The third-order valence-corrected chi connectivity index (χ3v) is 6.13. The Balaban J connectivity index is 2.18. The van der Waals surface area contributed by atoms with Gasteiger partial charge in [0.25, 0.3) is 5.69 Å². The van der Waals surface area contributed by atoms with Crippen molar-refractivity contribution >= 4 is 34.6 Å². The van der Waals surface area contributed by atoms with Gasteiger partial charge in [0, 0.05) is 11.3 Å². The fourth-order valence-corrected chi connectivity index (χ4v) is 5.28. The van der Waals surface area contributed by atoms with Crippen LogP contribution in [0.4, 0.5) is 5.69 Å². The summed E-state index contributed by atoms with van der Waals surface area (Å²) in [5.74, 6) is 0.592. The van der Waals surface area contributed by atoms with Gasteiger partial charge in [-0.25, -0.2) is 0 Å². The van der Waals surface area contributed by atoms with Crippen LogP contribution in [-0.2, 0) is 0 Å². The SMILES string of the molecule is CC(=O)c1cc([N+](=O)[O-])c(SC2CCCC(C)C2)s1. The molecule has 2 atom stereocenters. The van der Waals surface area contributed by atoms with E-state index in [1.54, 1.807) is 11.8 Å². The number of nitrogens with zero attached hydrogens (tertiary/aromatic N) is 1. The Kier molecular flexibility index (Phi) is 4.62. The van der Waals surface area contributed by atoms with Gasteiger partial charge in [-0.15, -0.1) is 23.1 Å². The van der Waals surface area contributed by atoms with Crippen LogP contribution in [0.3, 0.4) is 0 Å². The van der Waals surface area contributed by atoms with Gasteiger partial charge in [0.1, 0.15) is 4.21 Å². The quantitative estimate of drug-likeness (QED) is 0.465. The number of rotatable bonds is 4. The maximum Gasteiger partial charge on any atom is 0.294 e. The average Bonchev–Trinajstić information content (AvgIpc) is 2.73. The van der Waals surface area contributed by atoms with Crippen molar-refractivity contribution in [2.45, 2.75) is 49.0 Å². The standard InChI is InChI=1S/C13H17NO3S2/c1-8-4-3-5-10(6-8)18-13-11(14(16)17)7-12(19-13)9(2)15/h7-8,10H,3-6H2,1-2H3. The fourth-order valence-electron chi connectivity index (χ4n) is 2.39. The molecule has 0 bridgehead atoms. The summed E-state index contributed by atoms with van der Waals surface area (Å²) in [7, 11) is 0. The second-order valence-corrected chi connectivity index (χ2v) is 7.73. The molecule has 1 heterocycles. The average molecular weight is 299 g/mol. The molecule has 2 rings (SSSR count). The van der Waals surface area contributed by atoms with Crippen LogP contribution in [0.1, 0.15) is 49.2 Å². The van der Waals surface area contributed by atoms with Crippen LogP contribution < -0.4 is 0 Å². The zero-order chi connectivity index (χ0) is 14.0. The summed E-state index contributed by atoms with van der Waals surface area (Å²) >= 11 is 2.85. The first-order chi connectivity index (χ1) is 8.97. The van der Waals surface area contributed by atoms with E-state index in [-0.39, 0.29) is 16.4 Å². The van der Waals surface area contributed by atoms with Crippen LogP contribution in [0, 0.1) is 16.0 Å². The van der Waals surface area contributed by atoms with E-state index in [0.717, 1.165) is 12.8 Å². The van der Waals surface area contributed by atoms with Crippen molar-refractivity contribution in [2.24, 2.45) is 5.92 Å². The molecule has 0 amide bonds. The van der Waals surface area contributed by atoms with Gasteiger partial charge in [-0.1, -0.05) is 19.8 Å². The minimum absolute atomic E-state index is 0.0958. The Morgan fingerprint density at radius 3 is 2.84 bits per heavy atom. The van der Waals surface area contributed by atoms with Crippen molar-refractivity contribution < 1.29 is 9.72 Å². The zero-order valence-electron chi connectivity index (χ0n) is 11.0. The predicted molar refractivity (Wildman–Crippen MR) is 78.3 cm³/mol. The van der Waals surface area contributed by atoms with E-state index in [1.807, 2.05) is 0 Å². The third-order valence-electron chi connectivity index (χ3n) is 3.39. The first kappa shape index (κ1) is 14.5. The van der Waals surface area contributed by atoms with Crippen molar-refractivity contribution in [3.8, 4) is 0 Å². The van der Waals surface area contributed by atoms with Crippen molar-refractivity contribution in [1.82, 2.24) is 0 Å². The van der Waals surface area contributed by atoms with Gasteiger partial charge in [-0.05, 0) is 25.7 Å². The molecule has 2 unspecified atom stereocenters. The summed E-state index contributed by atoms with van der Waals surface area (Å²) in [6.07, 6.45) is 4.66. The number of ketones is 1. The minimum atomic E-state index is -0.377. The van der Waals surface area contributed by atoms with Gasteiger partial charge in [-0.3, -0.25) is 14.9 Å². The second-order valence-electron chi connectivity index (χ2n) is 5.11. The second kappa shape index (κ2) is 6.05. The van der Waals surface area contributed by atoms with Gasteiger partial charge >= 0.3 is 0 Å². The molecule has 0 N–H and O–H groups in total. The van der Waals surface area contributed by atoms with Gasteiger partial charge in [-0.2, -0.15) is 0 Å². The van der Waals surface area contributed by atoms with Gasteiger partial charge in [0.05, 0.1) is 9.80 Å². The summed E-state index contributed by atoms with van der Waals surface area (Å²) in [6.45, 7) is 3.68. The smallest absolute Gasteiger partial charge is 0.294 e. The van der Waals surface area contributed by atoms with Crippen LogP contribution in [0.2, 0.25) is 0 Å². The number of thioether (sulfide) groups is 1. The molecule has 6 heteroatoms. The van der Waals surface area contributed by atoms with E-state index >= 15 is 0 Å². The lowest BCUT2D eigenvalue weighted by atomic mass is 9.91. The van der Waals surface area contributed by atoms with Crippen LogP contribution in [0.15, 0.2) is 10.3 Å². The number of Topliss-reactive ketones (excluding diaryl/α,β-unsaturated/α-hetero) is 1. The molecule has 19 heavy (non-hydrogen) atoms. The van der Waals surface area contributed by atoms with Crippen LogP contribution in [0.5, 0.6) is 0 Å². The molecular weight excluding hydrogens is 282 g/mol.